The molecule has 0 atom stereocenters. The zero-order valence-electron chi connectivity index (χ0n) is 7.28. The van der Waals surface area contributed by atoms with Crippen LogP contribution < -0.4 is 5.32 Å². The number of likely N-dealkylation sites (N-methyl/N-ethyl adjacent to an activating group) is 1. The number of Topliss-reactive ketones (excluding diaryl/α,β-unsaturated/α-hetero) is 1. The molecule has 0 aliphatic carbocycles. The Bertz CT molecular complexity index is 323. The van der Waals surface area contributed by atoms with Gasteiger partial charge in [0.1, 0.15) is 12.0 Å². The smallest absolute Gasteiger partial charge is 0.194 e. The van der Waals surface area contributed by atoms with Crippen LogP contribution in [0, 0.1) is 0 Å². The summed E-state index contributed by atoms with van der Waals surface area (Å²) in [6.07, 6.45) is 2.14. The minimum atomic E-state index is -0.119. The number of nitrogens with one attached hydrogen (secondary N) is 1. The van der Waals surface area contributed by atoms with E-state index in [1.165, 1.54) is 12.3 Å². The van der Waals surface area contributed by atoms with Crippen LogP contribution in [-0.2, 0) is 0 Å². The number of rotatable bonds is 4. The van der Waals surface area contributed by atoms with Crippen molar-refractivity contribution in [1.29, 1.82) is 0 Å². The third kappa shape index (κ3) is 2.45. The summed E-state index contributed by atoms with van der Waals surface area (Å²) in [4.78, 5) is 25.5. The van der Waals surface area contributed by atoms with Crippen molar-refractivity contribution in [3.8, 4) is 0 Å². The predicted molar refractivity (Wildman–Crippen MR) is 47.9 cm³/mol. The molecule has 0 bridgehead atoms. The van der Waals surface area contributed by atoms with E-state index >= 15 is 0 Å². The summed E-state index contributed by atoms with van der Waals surface area (Å²) in [6, 6.07) is 3.04. The largest absolute Gasteiger partial charge is 0.313 e. The van der Waals surface area contributed by atoms with Crippen molar-refractivity contribution in [1.82, 2.24) is 10.3 Å². The monoisotopic (exact) mass is 178 g/mol. The van der Waals surface area contributed by atoms with Crippen LogP contribution in [0.5, 0.6) is 0 Å². The summed E-state index contributed by atoms with van der Waals surface area (Å²) in [6.45, 7) is 0.231. The Morgan fingerprint density at radius 1 is 1.69 bits per heavy atom. The lowest BCUT2D eigenvalue weighted by molar-refractivity contribution is 0.0989. The van der Waals surface area contributed by atoms with Gasteiger partial charge in [0.25, 0.3) is 0 Å². The van der Waals surface area contributed by atoms with E-state index in [1.54, 1.807) is 13.1 Å². The average Bonchev–Trinajstić information content (AvgIpc) is 2.18. The fourth-order valence-corrected chi connectivity index (χ4v) is 0.924. The van der Waals surface area contributed by atoms with E-state index in [9.17, 15) is 9.59 Å². The van der Waals surface area contributed by atoms with Crippen molar-refractivity contribution in [3.63, 3.8) is 0 Å². The fourth-order valence-electron chi connectivity index (χ4n) is 0.924. The Hall–Kier alpha value is -1.55. The molecular weight excluding hydrogens is 168 g/mol. The third-order valence-electron chi connectivity index (χ3n) is 1.54. The van der Waals surface area contributed by atoms with Gasteiger partial charge in [0, 0.05) is 11.8 Å². The quantitative estimate of drug-likeness (QED) is 0.532. The topological polar surface area (TPSA) is 59.1 Å². The highest BCUT2D eigenvalue weighted by atomic mass is 16.1. The Morgan fingerprint density at radius 2 is 2.46 bits per heavy atom. The molecule has 1 aromatic rings. The number of pyridine rings is 1. The van der Waals surface area contributed by atoms with Gasteiger partial charge < -0.3 is 5.32 Å². The molecule has 0 spiro atoms. The zero-order valence-corrected chi connectivity index (χ0v) is 7.28. The lowest BCUT2D eigenvalue weighted by Crippen LogP contribution is -2.19. The number of hydrogen-bond acceptors (Lipinski definition) is 4. The van der Waals surface area contributed by atoms with Gasteiger partial charge in [-0.05, 0) is 19.2 Å². The summed E-state index contributed by atoms with van der Waals surface area (Å²) in [7, 11) is 1.68. The van der Waals surface area contributed by atoms with Crippen LogP contribution in [0.1, 0.15) is 20.8 Å². The second-order valence-corrected chi connectivity index (χ2v) is 2.55. The molecule has 1 aromatic heterocycles. The molecule has 1 rings (SSSR count). The summed E-state index contributed by atoms with van der Waals surface area (Å²) in [5, 5.41) is 2.73. The molecule has 13 heavy (non-hydrogen) atoms. The second-order valence-electron chi connectivity index (χ2n) is 2.55. The molecule has 0 amide bonds. The normalized spacial score (nSPS) is 9.62. The molecular formula is C9H10N2O2. The van der Waals surface area contributed by atoms with Gasteiger partial charge in [0.2, 0.25) is 0 Å². The van der Waals surface area contributed by atoms with Crippen LogP contribution in [-0.4, -0.2) is 30.6 Å². The van der Waals surface area contributed by atoms with E-state index in [-0.39, 0.29) is 12.3 Å². The highest BCUT2D eigenvalue weighted by Gasteiger charge is 2.05. The highest BCUT2D eigenvalue weighted by molar-refractivity contribution is 5.96. The first-order valence-corrected chi connectivity index (χ1v) is 3.87. The first kappa shape index (κ1) is 9.54. The van der Waals surface area contributed by atoms with Gasteiger partial charge in [-0.1, -0.05) is 0 Å². The van der Waals surface area contributed by atoms with Gasteiger partial charge in [-0.25, -0.2) is 0 Å². The lowest BCUT2D eigenvalue weighted by Gasteiger charge is -1.98. The second kappa shape index (κ2) is 4.47. The molecule has 0 saturated heterocycles. The number of aldehydes is 1. The maximum atomic E-state index is 11.3. The Morgan fingerprint density at radius 3 is 3.08 bits per heavy atom. The number of ketones is 1. The number of nitrogens with zero attached hydrogens (tertiary/aromatic N) is 1. The maximum Gasteiger partial charge on any atom is 0.194 e. The Balaban J connectivity index is 2.88. The summed E-state index contributed by atoms with van der Waals surface area (Å²) in [5.74, 6) is -0.119. The SMILES string of the molecule is CNCC(=O)c1cc(C=O)ccn1. The lowest BCUT2D eigenvalue weighted by atomic mass is 10.2. The van der Waals surface area contributed by atoms with E-state index < -0.39 is 0 Å². The molecule has 0 aliphatic rings. The van der Waals surface area contributed by atoms with E-state index in [4.69, 9.17) is 0 Å². The Kier molecular flexibility index (Phi) is 3.28. The van der Waals surface area contributed by atoms with Crippen molar-refractivity contribution < 1.29 is 9.59 Å². The van der Waals surface area contributed by atoms with Gasteiger partial charge in [0.05, 0.1) is 6.54 Å². The van der Waals surface area contributed by atoms with E-state index in [2.05, 4.69) is 10.3 Å². The van der Waals surface area contributed by atoms with Crippen molar-refractivity contribution in [2.24, 2.45) is 0 Å². The summed E-state index contributed by atoms with van der Waals surface area (Å²) >= 11 is 0. The van der Waals surface area contributed by atoms with Crippen molar-refractivity contribution in [3.05, 3.63) is 29.6 Å². The van der Waals surface area contributed by atoms with E-state index in [0.717, 1.165) is 0 Å². The minimum Gasteiger partial charge on any atom is -0.313 e. The number of carbonyl (C=O) groups is 2. The molecule has 1 heterocycles. The molecule has 0 fully saturated rings. The number of carbonyl (C=O) groups excluding carboxylic acids is 2. The van der Waals surface area contributed by atoms with Gasteiger partial charge in [0.15, 0.2) is 5.78 Å². The maximum absolute atomic E-state index is 11.3. The van der Waals surface area contributed by atoms with Crippen LogP contribution in [0.3, 0.4) is 0 Å². The molecule has 68 valence electrons. The standard InChI is InChI=1S/C9H10N2O2/c1-10-5-9(13)8-4-7(6-12)2-3-11-8/h2-4,6,10H,5H2,1H3. The van der Waals surface area contributed by atoms with E-state index in [1.807, 2.05) is 0 Å². The number of hydrogen-bond donors (Lipinski definition) is 1. The predicted octanol–water partition coefficient (Wildman–Crippen LogP) is 0.296. The van der Waals surface area contributed by atoms with Gasteiger partial charge in [-0.3, -0.25) is 14.6 Å². The molecule has 0 aliphatic heterocycles. The van der Waals surface area contributed by atoms with E-state index in [0.29, 0.717) is 17.5 Å². The van der Waals surface area contributed by atoms with Crippen LogP contribution in [0.15, 0.2) is 18.3 Å². The molecule has 4 nitrogen and oxygen atoms in total. The first-order chi connectivity index (χ1) is 6.27. The van der Waals surface area contributed by atoms with Crippen LogP contribution in [0.25, 0.3) is 0 Å². The molecule has 0 unspecified atom stereocenters. The highest BCUT2D eigenvalue weighted by Crippen LogP contribution is 1.99. The van der Waals surface area contributed by atoms with Crippen LogP contribution in [0.4, 0.5) is 0 Å². The van der Waals surface area contributed by atoms with Gasteiger partial charge >= 0.3 is 0 Å². The van der Waals surface area contributed by atoms with Crippen molar-refractivity contribution in [2.45, 2.75) is 0 Å². The minimum absolute atomic E-state index is 0.119. The summed E-state index contributed by atoms with van der Waals surface area (Å²) in [5.41, 5.74) is 0.786. The molecule has 1 N–H and O–H groups in total. The van der Waals surface area contributed by atoms with Crippen molar-refractivity contribution in [2.75, 3.05) is 13.6 Å². The molecule has 0 aromatic carbocycles. The molecule has 4 heteroatoms. The zero-order chi connectivity index (χ0) is 9.68. The Labute approximate surface area is 76.0 Å². The molecule has 0 saturated carbocycles. The number of aromatic nitrogens is 1. The fraction of sp³-hybridized carbons (Fsp3) is 0.222. The molecule has 0 radical (unpaired) electrons. The van der Waals surface area contributed by atoms with Crippen LogP contribution in [0.2, 0.25) is 0 Å². The van der Waals surface area contributed by atoms with Gasteiger partial charge in [-0.15, -0.1) is 0 Å². The van der Waals surface area contributed by atoms with Gasteiger partial charge in [-0.2, -0.15) is 0 Å². The third-order valence-corrected chi connectivity index (χ3v) is 1.54. The van der Waals surface area contributed by atoms with Crippen LogP contribution >= 0.6 is 0 Å². The first-order valence-electron chi connectivity index (χ1n) is 3.87. The van der Waals surface area contributed by atoms with Crippen molar-refractivity contribution >= 4 is 12.1 Å². The average molecular weight is 178 g/mol. The summed E-state index contributed by atoms with van der Waals surface area (Å²) < 4.78 is 0.